The second-order valence-corrected chi connectivity index (χ2v) is 6.38. The third-order valence-corrected chi connectivity index (χ3v) is 4.44. The van der Waals surface area contributed by atoms with Crippen LogP contribution in [0.4, 0.5) is 0 Å². The predicted octanol–water partition coefficient (Wildman–Crippen LogP) is 2.36. The maximum atomic E-state index is 12.1. The summed E-state index contributed by atoms with van der Waals surface area (Å²) in [5, 5.41) is 12.8. The highest BCUT2D eigenvalue weighted by atomic mass is 32.2. The number of aliphatic carboxylic acids is 1. The molecule has 0 saturated carbocycles. The second-order valence-electron chi connectivity index (χ2n) is 5.40. The van der Waals surface area contributed by atoms with Gasteiger partial charge in [-0.2, -0.15) is 11.8 Å². The lowest BCUT2D eigenvalue weighted by molar-refractivity contribution is -0.141. The molecule has 0 aliphatic carbocycles. The highest BCUT2D eigenvalue weighted by molar-refractivity contribution is 7.98. The molecule has 0 aliphatic heterocycles. The number of rotatable bonds is 9. The van der Waals surface area contributed by atoms with Gasteiger partial charge in [-0.05, 0) is 30.6 Å². The van der Waals surface area contributed by atoms with Crippen LogP contribution in [0.1, 0.15) is 12.8 Å². The van der Waals surface area contributed by atoms with E-state index in [-0.39, 0.29) is 12.3 Å². The summed E-state index contributed by atoms with van der Waals surface area (Å²) >= 11 is 1.56. The van der Waals surface area contributed by atoms with Crippen molar-refractivity contribution in [2.75, 3.05) is 19.1 Å². The van der Waals surface area contributed by atoms with Crippen molar-refractivity contribution in [1.29, 1.82) is 0 Å². The van der Waals surface area contributed by atoms with Gasteiger partial charge < -0.3 is 19.7 Å². The van der Waals surface area contributed by atoms with Gasteiger partial charge in [0.2, 0.25) is 5.91 Å². The number of nitrogens with one attached hydrogen (secondary N) is 1. The summed E-state index contributed by atoms with van der Waals surface area (Å²) in [4.78, 5) is 23.3. The maximum Gasteiger partial charge on any atom is 0.326 e. The molecule has 2 N–H and O–H groups in total. The molecule has 0 spiro atoms. The number of carboxylic acid groups (broad SMARTS) is 1. The molecule has 6 nitrogen and oxygen atoms in total. The van der Waals surface area contributed by atoms with Gasteiger partial charge in [0.1, 0.15) is 11.8 Å². The summed E-state index contributed by atoms with van der Waals surface area (Å²) in [5.41, 5.74) is 0.935. The van der Waals surface area contributed by atoms with Crippen LogP contribution in [0.15, 0.2) is 30.5 Å². The van der Waals surface area contributed by atoms with E-state index in [9.17, 15) is 9.59 Å². The molecule has 1 heterocycles. The minimum absolute atomic E-state index is 0.213. The lowest BCUT2D eigenvalue weighted by atomic mass is 10.2. The average molecular weight is 350 g/mol. The van der Waals surface area contributed by atoms with Crippen LogP contribution in [0.5, 0.6) is 5.75 Å². The Kier molecular flexibility index (Phi) is 6.54. The molecule has 1 unspecified atom stereocenters. The predicted molar refractivity (Wildman–Crippen MR) is 95.7 cm³/mol. The highest BCUT2D eigenvalue weighted by Gasteiger charge is 2.19. The van der Waals surface area contributed by atoms with E-state index in [0.29, 0.717) is 18.7 Å². The number of ether oxygens (including phenoxy) is 1. The summed E-state index contributed by atoms with van der Waals surface area (Å²) in [6, 6.07) is 6.91. The van der Waals surface area contributed by atoms with E-state index in [1.165, 1.54) is 0 Å². The monoisotopic (exact) mass is 350 g/mol. The average Bonchev–Trinajstić information content (AvgIpc) is 2.99. The van der Waals surface area contributed by atoms with E-state index in [2.05, 4.69) is 5.32 Å². The number of carboxylic acids is 1. The van der Waals surface area contributed by atoms with Gasteiger partial charge in [0.25, 0.3) is 0 Å². The van der Waals surface area contributed by atoms with Gasteiger partial charge in [0.05, 0.1) is 12.6 Å². The third-order valence-electron chi connectivity index (χ3n) is 3.80. The SMILES string of the molecule is COc1cccc2ccn(CCC(=O)NC(CCSC)C(=O)O)c12. The molecular formula is C17H22N2O4S. The van der Waals surface area contributed by atoms with Crippen LogP contribution in [-0.4, -0.2) is 46.7 Å². The van der Waals surface area contributed by atoms with E-state index in [4.69, 9.17) is 9.84 Å². The number of benzene rings is 1. The molecule has 0 aliphatic rings. The van der Waals surface area contributed by atoms with Crippen LogP contribution >= 0.6 is 11.8 Å². The topological polar surface area (TPSA) is 80.6 Å². The first-order valence-electron chi connectivity index (χ1n) is 7.69. The number of carbonyl (C=O) groups excluding carboxylic acids is 1. The van der Waals surface area contributed by atoms with E-state index in [1.54, 1.807) is 18.9 Å². The number of para-hydroxylation sites is 1. The zero-order valence-corrected chi connectivity index (χ0v) is 14.6. The summed E-state index contributed by atoms with van der Waals surface area (Å²) in [6.45, 7) is 0.463. The van der Waals surface area contributed by atoms with Crippen molar-refractivity contribution < 1.29 is 19.4 Å². The number of hydrogen-bond acceptors (Lipinski definition) is 4. The smallest absolute Gasteiger partial charge is 0.326 e. The number of nitrogens with zero attached hydrogens (tertiary/aromatic N) is 1. The lowest BCUT2D eigenvalue weighted by Crippen LogP contribution is -2.41. The largest absolute Gasteiger partial charge is 0.495 e. The standard InChI is InChI=1S/C17H22N2O4S/c1-23-14-5-3-4-12-6-9-19(16(12)14)10-7-15(20)18-13(17(21)22)8-11-24-2/h3-6,9,13H,7-8,10-11H2,1-2H3,(H,18,20)(H,21,22). The van der Waals surface area contributed by atoms with Crippen molar-refractivity contribution in [3.8, 4) is 5.75 Å². The van der Waals surface area contributed by atoms with E-state index >= 15 is 0 Å². The Balaban J connectivity index is 2.00. The van der Waals surface area contributed by atoms with Crippen LogP contribution < -0.4 is 10.1 Å². The van der Waals surface area contributed by atoms with Crippen molar-refractivity contribution >= 4 is 34.5 Å². The zero-order valence-electron chi connectivity index (χ0n) is 13.8. The van der Waals surface area contributed by atoms with E-state index in [0.717, 1.165) is 16.7 Å². The molecule has 24 heavy (non-hydrogen) atoms. The first-order chi connectivity index (χ1) is 11.6. The summed E-state index contributed by atoms with van der Waals surface area (Å²) in [5.74, 6) is 0.184. The van der Waals surface area contributed by atoms with Crippen molar-refractivity contribution in [2.24, 2.45) is 0 Å². The summed E-state index contributed by atoms with van der Waals surface area (Å²) < 4.78 is 7.32. The molecule has 7 heteroatoms. The van der Waals surface area contributed by atoms with Crippen molar-refractivity contribution in [3.63, 3.8) is 0 Å². The number of aryl methyl sites for hydroxylation is 1. The molecule has 0 fully saturated rings. The van der Waals surface area contributed by atoms with Crippen LogP contribution in [0, 0.1) is 0 Å². The number of methoxy groups -OCH3 is 1. The first kappa shape index (κ1) is 18.2. The molecule has 1 aromatic carbocycles. The van der Waals surface area contributed by atoms with Crippen LogP contribution in [0.3, 0.4) is 0 Å². The first-order valence-corrected chi connectivity index (χ1v) is 9.09. The Morgan fingerprint density at radius 3 is 2.83 bits per heavy atom. The third kappa shape index (κ3) is 4.44. The Bertz CT molecular complexity index is 714. The van der Waals surface area contributed by atoms with E-state index in [1.807, 2.05) is 41.3 Å². The fraction of sp³-hybridized carbons (Fsp3) is 0.412. The summed E-state index contributed by atoms with van der Waals surface area (Å²) in [6.07, 6.45) is 4.45. The van der Waals surface area contributed by atoms with Crippen LogP contribution in [0.2, 0.25) is 0 Å². The summed E-state index contributed by atoms with van der Waals surface area (Å²) in [7, 11) is 1.61. The molecule has 2 rings (SSSR count). The van der Waals surface area contributed by atoms with Gasteiger partial charge >= 0.3 is 5.97 Å². The van der Waals surface area contributed by atoms with Gasteiger partial charge in [-0.1, -0.05) is 12.1 Å². The van der Waals surface area contributed by atoms with Crippen molar-refractivity contribution in [1.82, 2.24) is 9.88 Å². The number of amides is 1. The molecule has 0 bridgehead atoms. The van der Waals surface area contributed by atoms with Crippen LogP contribution in [0.25, 0.3) is 10.9 Å². The molecule has 1 amide bonds. The molecular weight excluding hydrogens is 328 g/mol. The number of carbonyl (C=O) groups is 2. The molecule has 1 aromatic heterocycles. The Labute approximate surface area is 145 Å². The minimum Gasteiger partial charge on any atom is -0.495 e. The minimum atomic E-state index is -0.995. The Morgan fingerprint density at radius 1 is 1.38 bits per heavy atom. The van der Waals surface area contributed by atoms with Crippen molar-refractivity contribution in [2.45, 2.75) is 25.4 Å². The molecule has 0 saturated heterocycles. The zero-order chi connectivity index (χ0) is 17.5. The molecule has 130 valence electrons. The van der Waals surface area contributed by atoms with Gasteiger partial charge in [-0.3, -0.25) is 4.79 Å². The van der Waals surface area contributed by atoms with Crippen LogP contribution in [-0.2, 0) is 16.1 Å². The quantitative estimate of drug-likeness (QED) is 0.726. The molecule has 1 atom stereocenters. The van der Waals surface area contributed by atoms with Crippen molar-refractivity contribution in [3.05, 3.63) is 30.5 Å². The molecule has 2 aromatic rings. The fourth-order valence-corrected chi connectivity index (χ4v) is 3.03. The van der Waals surface area contributed by atoms with Gasteiger partial charge in [-0.25, -0.2) is 4.79 Å². The number of fused-ring (bicyclic) bond motifs is 1. The van der Waals surface area contributed by atoms with Gasteiger partial charge in [0.15, 0.2) is 0 Å². The lowest BCUT2D eigenvalue weighted by Gasteiger charge is -2.14. The normalized spacial score (nSPS) is 12.1. The fourth-order valence-electron chi connectivity index (χ4n) is 2.56. The van der Waals surface area contributed by atoms with Gasteiger partial charge in [0, 0.05) is 24.5 Å². The second kappa shape index (κ2) is 8.63. The molecule has 0 radical (unpaired) electrons. The Hall–Kier alpha value is -2.15. The number of hydrogen-bond donors (Lipinski definition) is 2. The number of thioether (sulfide) groups is 1. The highest BCUT2D eigenvalue weighted by Crippen LogP contribution is 2.26. The van der Waals surface area contributed by atoms with E-state index < -0.39 is 12.0 Å². The Morgan fingerprint density at radius 2 is 2.17 bits per heavy atom. The number of aromatic nitrogens is 1. The van der Waals surface area contributed by atoms with Gasteiger partial charge in [-0.15, -0.1) is 0 Å². The maximum absolute atomic E-state index is 12.1.